The molecular weight excluding hydrogens is 292 g/mol. The number of unbranched alkanes of at least 4 members (excludes halogenated alkanes) is 3. The van der Waals surface area contributed by atoms with Crippen LogP contribution in [0.25, 0.3) is 0 Å². The van der Waals surface area contributed by atoms with Gasteiger partial charge in [0.2, 0.25) is 10.0 Å². The summed E-state index contributed by atoms with van der Waals surface area (Å²) in [6.45, 7) is 0.408. The van der Waals surface area contributed by atoms with Crippen LogP contribution in [0.15, 0.2) is 24.5 Å². The molecule has 1 rings (SSSR count). The second kappa shape index (κ2) is 9.46. The first-order valence-corrected chi connectivity index (χ1v) is 8.73. The number of pyridine rings is 1. The van der Waals surface area contributed by atoms with Crippen molar-refractivity contribution in [3.63, 3.8) is 0 Å². The molecule has 1 aromatic rings. The Morgan fingerprint density at radius 1 is 1.14 bits per heavy atom. The topological polar surface area (TPSA) is 96.4 Å². The van der Waals surface area contributed by atoms with Gasteiger partial charge in [-0.1, -0.05) is 12.8 Å². The summed E-state index contributed by atoms with van der Waals surface area (Å²) in [6, 6.07) is 3.61. The van der Waals surface area contributed by atoms with E-state index in [0.29, 0.717) is 19.4 Å². The van der Waals surface area contributed by atoms with Crippen molar-refractivity contribution in [1.82, 2.24) is 9.71 Å². The molecule has 2 N–H and O–H groups in total. The molecule has 0 saturated heterocycles. The summed E-state index contributed by atoms with van der Waals surface area (Å²) < 4.78 is 26.1. The molecule has 1 aromatic heterocycles. The van der Waals surface area contributed by atoms with E-state index in [1.807, 2.05) is 0 Å². The number of rotatable bonds is 11. The minimum Gasteiger partial charge on any atom is -0.481 e. The highest BCUT2D eigenvalue weighted by molar-refractivity contribution is 7.89. The smallest absolute Gasteiger partial charge is 0.303 e. The number of carboxylic acid groups (broad SMARTS) is 1. The highest BCUT2D eigenvalue weighted by Crippen LogP contribution is 2.03. The fourth-order valence-electron chi connectivity index (χ4n) is 1.86. The van der Waals surface area contributed by atoms with Gasteiger partial charge in [0.05, 0.1) is 5.75 Å². The van der Waals surface area contributed by atoms with Gasteiger partial charge in [0, 0.05) is 25.4 Å². The summed E-state index contributed by atoms with van der Waals surface area (Å²) in [6.07, 6.45) is 6.95. The van der Waals surface area contributed by atoms with Crippen molar-refractivity contribution in [3.8, 4) is 0 Å². The third kappa shape index (κ3) is 9.14. The normalized spacial score (nSPS) is 11.4. The summed E-state index contributed by atoms with van der Waals surface area (Å²) in [4.78, 5) is 14.2. The van der Waals surface area contributed by atoms with Gasteiger partial charge in [-0.15, -0.1) is 0 Å². The SMILES string of the molecule is O=C(O)CCCCCCNS(=O)(=O)CCc1ccncc1. The number of nitrogens with one attached hydrogen (secondary N) is 1. The molecule has 21 heavy (non-hydrogen) atoms. The van der Waals surface area contributed by atoms with Crippen LogP contribution in [0.2, 0.25) is 0 Å². The third-order valence-corrected chi connectivity index (χ3v) is 4.43. The predicted molar refractivity (Wildman–Crippen MR) is 80.5 cm³/mol. The van der Waals surface area contributed by atoms with Gasteiger partial charge in [-0.3, -0.25) is 9.78 Å². The van der Waals surface area contributed by atoms with Crippen molar-refractivity contribution < 1.29 is 18.3 Å². The van der Waals surface area contributed by atoms with Crippen LogP contribution in [0.4, 0.5) is 0 Å². The molecule has 0 aliphatic rings. The Hall–Kier alpha value is -1.47. The third-order valence-electron chi connectivity index (χ3n) is 3.05. The number of sulfonamides is 1. The summed E-state index contributed by atoms with van der Waals surface area (Å²) >= 11 is 0. The summed E-state index contributed by atoms with van der Waals surface area (Å²) in [5, 5.41) is 8.48. The fourth-order valence-corrected chi connectivity index (χ4v) is 2.96. The van der Waals surface area contributed by atoms with Crippen LogP contribution in [0.5, 0.6) is 0 Å². The Kier molecular flexibility index (Phi) is 7.92. The number of aliphatic carboxylic acids is 1. The zero-order valence-corrected chi connectivity index (χ0v) is 12.8. The van der Waals surface area contributed by atoms with Gasteiger partial charge in [0.25, 0.3) is 0 Å². The number of carboxylic acids is 1. The number of carbonyl (C=O) groups is 1. The van der Waals surface area contributed by atoms with E-state index in [4.69, 9.17) is 5.11 Å². The largest absolute Gasteiger partial charge is 0.481 e. The first-order chi connectivity index (χ1) is 9.99. The summed E-state index contributed by atoms with van der Waals surface area (Å²) in [7, 11) is -3.25. The summed E-state index contributed by atoms with van der Waals surface area (Å²) in [5.41, 5.74) is 0.948. The number of aromatic nitrogens is 1. The highest BCUT2D eigenvalue weighted by atomic mass is 32.2. The van der Waals surface area contributed by atoms with Crippen LogP contribution in [-0.4, -0.2) is 36.8 Å². The maximum absolute atomic E-state index is 11.8. The molecule has 0 radical (unpaired) electrons. The van der Waals surface area contributed by atoms with E-state index in [0.717, 1.165) is 24.8 Å². The van der Waals surface area contributed by atoms with E-state index >= 15 is 0 Å². The quantitative estimate of drug-likeness (QED) is 0.604. The maximum Gasteiger partial charge on any atom is 0.303 e. The first-order valence-electron chi connectivity index (χ1n) is 7.07. The minimum absolute atomic E-state index is 0.0655. The van der Waals surface area contributed by atoms with Crippen molar-refractivity contribution in [2.24, 2.45) is 0 Å². The monoisotopic (exact) mass is 314 g/mol. The Morgan fingerprint density at radius 3 is 2.48 bits per heavy atom. The number of hydrogen-bond donors (Lipinski definition) is 2. The molecule has 118 valence electrons. The first kappa shape index (κ1) is 17.6. The fraction of sp³-hybridized carbons (Fsp3) is 0.571. The highest BCUT2D eigenvalue weighted by Gasteiger charge is 2.09. The lowest BCUT2D eigenvalue weighted by atomic mass is 10.1. The van der Waals surface area contributed by atoms with Gasteiger partial charge in [-0.25, -0.2) is 13.1 Å². The number of nitrogens with zero attached hydrogens (tertiary/aromatic N) is 1. The second-order valence-corrected chi connectivity index (χ2v) is 6.80. The molecule has 0 aliphatic heterocycles. The number of hydrogen-bond acceptors (Lipinski definition) is 4. The molecular formula is C14H22N2O4S. The van der Waals surface area contributed by atoms with Crippen LogP contribution < -0.4 is 4.72 Å². The van der Waals surface area contributed by atoms with Crippen LogP contribution in [0.1, 0.15) is 37.7 Å². The Morgan fingerprint density at radius 2 is 1.81 bits per heavy atom. The van der Waals surface area contributed by atoms with Gasteiger partial charge >= 0.3 is 5.97 Å². The number of aryl methyl sites for hydroxylation is 1. The molecule has 7 heteroatoms. The molecule has 0 fully saturated rings. The lowest BCUT2D eigenvalue weighted by Crippen LogP contribution is -2.28. The van der Waals surface area contributed by atoms with Gasteiger partial charge in [0.1, 0.15) is 0 Å². The Bertz CT molecular complexity index is 517. The molecule has 0 spiro atoms. The van der Waals surface area contributed by atoms with Crippen molar-refractivity contribution in [2.45, 2.75) is 38.5 Å². The van der Waals surface area contributed by atoms with Crippen LogP contribution in [0.3, 0.4) is 0 Å². The molecule has 0 amide bonds. The molecule has 0 unspecified atom stereocenters. The molecule has 0 atom stereocenters. The van der Waals surface area contributed by atoms with Crippen LogP contribution in [-0.2, 0) is 21.2 Å². The van der Waals surface area contributed by atoms with E-state index in [9.17, 15) is 13.2 Å². The Labute approximate surface area is 125 Å². The van der Waals surface area contributed by atoms with Gasteiger partial charge in [0.15, 0.2) is 0 Å². The van der Waals surface area contributed by atoms with E-state index < -0.39 is 16.0 Å². The zero-order chi connectivity index (χ0) is 15.6. The van der Waals surface area contributed by atoms with E-state index in [1.54, 1.807) is 24.5 Å². The van der Waals surface area contributed by atoms with Crippen LogP contribution >= 0.6 is 0 Å². The molecule has 6 nitrogen and oxygen atoms in total. The van der Waals surface area contributed by atoms with Crippen molar-refractivity contribution >= 4 is 16.0 Å². The molecule has 0 bridgehead atoms. The lowest BCUT2D eigenvalue weighted by molar-refractivity contribution is -0.137. The average molecular weight is 314 g/mol. The van der Waals surface area contributed by atoms with Gasteiger partial charge in [-0.05, 0) is 37.0 Å². The zero-order valence-electron chi connectivity index (χ0n) is 12.0. The van der Waals surface area contributed by atoms with Gasteiger partial charge in [-0.2, -0.15) is 0 Å². The van der Waals surface area contributed by atoms with Crippen molar-refractivity contribution in [1.29, 1.82) is 0 Å². The van der Waals surface area contributed by atoms with Crippen LogP contribution in [0, 0.1) is 0 Å². The average Bonchev–Trinajstić information content (AvgIpc) is 2.45. The second-order valence-electron chi connectivity index (χ2n) is 4.88. The molecule has 0 saturated carbocycles. The van der Waals surface area contributed by atoms with E-state index in [1.165, 1.54) is 0 Å². The summed E-state index contributed by atoms with van der Waals surface area (Å²) in [5.74, 6) is -0.720. The lowest BCUT2D eigenvalue weighted by Gasteiger charge is -2.06. The molecule has 1 heterocycles. The molecule has 0 aliphatic carbocycles. The van der Waals surface area contributed by atoms with E-state index in [-0.39, 0.29) is 12.2 Å². The standard InChI is InChI=1S/C14H22N2O4S/c17-14(18)5-3-1-2-4-9-16-21(19,20)12-8-13-6-10-15-11-7-13/h6-7,10-11,16H,1-5,8-9,12H2,(H,17,18). The molecule has 0 aromatic carbocycles. The predicted octanol–water partition coefficient (Wildman–Crippen LogP) is 1.58. The minimum atomic E-state index is -3.25. The van der Waals surface area contributed by atoms with Crippen molar-refractivity contribution in [2.75, 3.05) is 12.3 Å². The Balaban J connectivity index is 2.11. The van der Waals surface area contributed by atoms with E-state index in [2.05, 4.69) is 9.71 Å². The maximum atomic E-state index is 11.8. The van der Waals surface area contributed by atoms with Crippen molar-refractivity contribution in [3.05, 3.63) is 30.1 Å². The van der Waals surface area contributed by atoms with Gasteiger partial charge < -0.3 is 5.11 Å².